The van der Waals surface area contributed by atoms with Crippen molar-refractivity contribution in [3.8, 4) is 0 Å². The van der Waals surface area contributed by atoms with Crippen LogP contribution < -0.4 is 5.14 Å². The molecule has 0 atom stereocenters. The minimum absolute atomic E-state index is 0.143. The van der Waals surface area contributed by atoms with Gasteiger partial charge in [0.1, 0.15) is 0 Å². The summed E-state index contributed by atoms with van der Waals surface area (Å²) in [6, 6.07) is 10.9. The number of hydrogen-bond donors (Lipinski definition) is 1. The van der Waals surface area contributed by atoms with Gasteiger partial charge in [-0.25, -0.2) is 13.6 Å². The van der Waals surface area contributed by atoms with E-state index in [1.54, 1.807) is 12.1 Å². The maximum absolute atomic E-state index is 11.3. The topological polar surface area (TPSA) is 73.1 Å². The van der Waals surface area contributed by atoms with Crippen LogP contribution in [0.2, 0.25) is 0 Å². The number of nitrogens with zero attached hydrogens (tertiary/aromatic N) is 1. The Balaban J connectivity index is 2.01. The molecule has 4 nitrogen and oxygen atoms in total. The monoisotopic (exact) mass is 314 g/mol. The van der Waals surface area contributed by atoms with E-state index in [0.29, 0.717) is 0 Å². The van der Waals surface area contributed by atoms with Gasteiger partial charge in [-0.15, -0.1) is 0 Å². The van der Waals surface area contributed by atoms with E-state index in [2.05, 4.69) is 17.1 Å². The molecule has 0 bridgehead atoms. The highest BCUT2D eigenvalue weighted by molar-refractivity contribution is 7.89. The lowest BCUT2D eigenvalue weighted by molar-refractivity contribution is 0.598. The summed E-state index contributed by atoms with van der Waals surface area (Å²) >= 11 is 0. The van der Waals surface area contributed by atoms with E-state index in [9.17, 15) is 8.42 Å². The van der Waals surface area contributed by atoms with E-state index >= 15 is 0 Å². The maximum Gasteiger partial charge on any atom is 0.238 e. The Morgan fingerprint density at radius 3 is 2.27 bits per heavy atom. The number of sulfonamides is 1. The summed E-state index contributed by atoms with van der Waals surface area (Å²) in [5.41, 5.74) is 5.69. The van der Waals surface area contributed by atoms with Crippen LogP contribution in [-0.4, -0.2) is 13.4 Å². The number of pyridine rings is 1. The third-order valence-electron chi connectivity index (χ3n) is 3.97. The van der Waals surface area contributed by atoms with Crippen LogP contribution >= 0.6 is 0 Å². The van der Waals surface area contributed by atoms with Gasteiger partial charge in [0.05, 0.1) is 10.6 Å². The van der Waals surface area contributed by atoms with E-state index in [0.717, 1.165) is 36.1 Å². The zero-order valence-corrected chi connectivity index (χ0v) is 13.2. The minimum atomic E-state index is -3.64. The molecule has 0 unspecified atom stereocenters. The van der Waals surface area contributed by atoms with Crippen molar-refractivity contribution in [1.29, 1.82) is 0 Å². The van der Waals surface area contributed by atoms with Gasteiger partial charge in [-0.3, -0.25) is 4.98 Å². The van der Waals surface area contributed by atoms with Crippen LogP contribution in [0.25, 0.3) is 11.1 Å². The predicted molar refractivity (Wildman–Crippen MR) is 87.5 cm³/mol. The van der Waals surface area contributed by atoms with Crippen LogP contribution in [0.15, 0.2) is 47.5 Å². The molecule has 0 saturated carbocycles. The van der Waals surface area contributed by atoms with Gasteiger partial charge in [-0.1, -0.05) is 18.2 Å². The number of hydrogen-bond acceptors (Lipinski definition) is 3. The molecule has 114 valence electrons. The summed E-state index contributed by atoms with van der Waals surface area (Å²) in [5.74, 6) is 0. The van der Waals surface area contributed by atoms with E-state index < -0.39 is 10.0 Å². The molecular weight excluding hydrogens is 296 g/mol. The quantitative estimate of drug-likeness (QED) is 0.946. The molecule has 2 N–H and O–H groups in total. The molecule has 0 radical (unpaired) electrons. The lowest BCUT2D eigenvalue weighted by atomic mass is 10.00. The third kappa shape index (κ3) is 2.96. The summed E-state index contributed by atoms with van der Waals surface area (Å²) in [4.78, 5) is 4.66. The maximum atomic E-state index is 11.3. The molecule has 0 saturated heterocycles. The molecule has 0 amide bonds. The van der Waals surface area contributed by atoms with Gasteiger partial charge in [0.25, 0.3) is 0 Å². The van der Waals surface area contributed by atoms with E-state index in [-0.39, 0.29) is 4.90 Å². The molecule has 1 aliphatic rings. The highest BCUT2D eigenvalue weighted by Gasteiger charge is 2.19. The predicted octanol–water partition coefficient (Wildman–Crippen LogP) is 3.13. The van der Waals surface area contributed by atoms with Crippen molar-refractivity contribution in [1.82, 2.24) is 4.98 Å². The Bertz CT molecular complexity index is 820. The van der Waals surface area contributed by atoms with Crippen LogP contribution in [0.5, 0.6) is 0 Å². The minimum Gasteiger partial charge on any atom is -0.256 e. The van der Waals surface area contributed by atoms with Crippen LogP contribution in [0, 0.1) is 6.92 Å². The molecule has 2 aromatic rings. The number of allylic oxidation sites excluding steroid dienone is 2. The molecule has 3 rings (SSSR count). The van der Waals surface area contributed by atoms with Crippen molar-refractivity contribution in [2.75, 3.05) is 0 Å². The fourth-order valence-corrected chi connectivity index (χ4v) is 3.35. The standard InChI is InChI=1S/C17H18N2O2S/c1-12-5-10-17(19-11-12)16-4-2-3-15(16)13-6-8-14(9-7-13)22(18,20)21/h5-11H,2-4H2,1H3,(H2,18,20,21). The van der Waals surface area contributed by atoms with Crippen molar-refractivity contribution in [2.45, 2.75) is 31.1 Å². The van der Waals surface area contributed by atoms with Gasteiger partial charge in [0.15, 0.2) is 0 Å². The van der Waals surface area contributed by atoms with Gasteiger partial charge in [0, 0.05) is 6.20 Å². The normalized spacial score (nSPS) is 15.4. The smallest absolute Gasteiger partial charge is 0.238 e. The first kappa shape index (κ1) is 14.9. The molecule has 22 heavy (non-hydrogen) atoms. The van der Waals surface area contributed by atoms with Crippen molar-refractivity contribution in [3.63, 3.8) is 0 Å². The lowest BCUT2D eigenvalue weighted by Crippen LogP contribution is -2.11. The van der Waals surface area contributed by atoms with E-state index in [4.69, 9.17) is 5.14 Å². The average Bonchev–Trinajstić information content (AvgIpc) is 2.97. The molecule has 0 spiro atoms. The number of benzene rings is 1. The largest absolute Gasteiger partial charge is 0.256 e. The van der Waals surface area contributed by atoms with Crippen molar-refractivity contribution in [3.05, 3.63) is 59.4 Å². The van der Waals surface area contributed by atoms with Crippen LogP contribution in [0.4, 0.5) is 0 Å². The second-order valence-electron chi connectivity index (χ2n) is 5.60. The van der Waals surface area contributed by atoms with Crippen molar-refractivity contribution in [2.24, 2.45) is 5.14 Å². The van der Waals surface area contributed by atoms with Crippen molar-refractivity contribution < 1.29 is 8.42 Å². The van der Waals surface area contributed by atoms with Gasteiger partial charge >= 0.3 is 0 Å². The van der Waals surface area contributed by atoms with Gasteiger partial charge in [-0.05, 0) is 66.7 Å². The van der Waals surface area contributed by atoms with Crippen LogP contribution in [0.3, 0.4) is 0 Å². The summed E-state index contributed by atoms with van der Waals surface area (Å²) in [6.45, 7) is 2.02. The molecule has 1 heterocycles. The third-order valence-corrected chi connectivity index (χ3v) is 4.90. The molecule has 1 aromatic carbocycles. The van der Waals surface area contributed by atoms with Gasteiger partial charge in [-0.2, -0.15) is 0 Å². The van der Waals surface area contributed by atoms with Crippen LogP contribution in [0.1, 0.15) is 36.1 Å². The van der Waals surface area contributed by atoms with E-state index in [1.807, 2.05) is 25.3 Å². The highest BCUT2D eigenvalue weighted by atomic mass is 32.2. The average molecular weight is 314 g/mol. The first-order valence-electron chi connectivity index (χ1n) is 7.23. The Kier molecular flexibility index (Phi) is 3.85. The van der Waals surface area contributed by atoms with Crippen molar-refractivity contribution >= 4 is 21.2 Å². The summed E-state index contributed by atoms with van der Waals surface area (Å²) in [5, 5.41) is 5.14. The first-order valence-corrected chi connectivity index (χ1v) is 8.78. The van der Waals surface area contributed by atoms with E-state index in [1.165, 1.54) is 11.1 Å². The fourth-order valence-electron chi connectivity index (χ4n) is 2.84. The SMILES string of the molecule is Cc1ccc(C2=C(c3ccc(S(N)(=O)=O)cc3)CCC2)nc1. The lowest BCUT2D eigenvalue weighted by Gasteiger charge is -2.09. The highest BCUT2D eigenvalue weighted by Crippen LogP contribution is 2.39. The molecule has 0 aliphatic heterocycles. The molecule has 0 fully saturated rings. The Hall–Kier alpha value is -1.98. The zero-order chi connectivity index (χ0) is 15.7. The number of rotatable bonds is 3. The molecule has 1 aromatic heterocycles. The van der Waals surface area contributed by atoms with Gasteiger partial charge < -0.3 is 0 Å². The summed E-state index contributed by atoms with van der Waals surface area (Å²) in [6.07, 6.45) is 4.96. The molecule has 1 aliphatic carbocycles. The molecular formula is C17H18N2O2S. The number of aromatic nitrogens is 1. The first-order chi connectivity index (χ1) is 10.4. The van der Waals surface area contributed by atoms with Gasteiger partial charge in [0.2, 0.25) is 10.0 Å². The number of primary sulfonamides is 1. The van der Waals surface area contributed by atoms with Crippen LogP contribution in [-0.2, 0) is 10.0 Å². The molecule has 5 heteroatoms. The second-order valence-corrected chi connectivity index (χ2v) is 7.16. The fraction of sp³-hybridized carbons (Fsp3) is 0.235. The Morgan fingerprint density at radius 2 is 1.68 bits per heavy atom. The second kappa shape index (κ2) is 5.66. The Labute approximate surface area is 130 Å². The summed E-state index contributed by atoms with van der Waals surface area (Å²) in [7, 11) is -3.64. The zero-order valence-electron chi connectivity index (χ0n) is 12.4. The number of nitrogens with two attached hydrogens (primary N) is 1. The summed E-state index contributed by atoms with van der Waals surface area (Å²) < 4.78 is 22.7. The Morgan fingerprint density at radius 1 is 1.00 bits per heavy atom. The number of aryl methyl sites for hydroxylation is 1.